The number of rotatable bonds is 7. The van der Waals surface area contributed by atoms with Gasteiger partial charge in [-0.3, -0.25) is 0 Å². The molecule has 0 unspecified atom stereocenters. The van der Waals surface area contributed by atoms with E-state index < -0.39 is 70.7 Å². The van der Waals surface area contributed by atoms with Crippen molar-refractivity contribution >= 4 is 74.9 Å². The van der Waals surface area contributed by atoms with E-state index in [9.17, 15) is 4.80 Å². The van der Waals surface area contributed by atoms with Gasteiger partial charge in [0.05, 0.1) is 0 Å². The average Bonchev–Trinajstić information content (AvgIpc) is 4.12. The molecule has 0 spiro atoms. The average molecular weight is 1310 g/mol. The third kappa shape index (κ3) is 12.8. The first kappa shape index (κ1) is 58.5. The summed E-state index contributed by atoms with van der Waals surface area (Å²) in [4.78, 5) is 13.6. The molecule has 0 aromatic rings. The van der Waals surface area contributed by atoms with Crippen LogP contribution < -0.4 is 0 Å². The molecule has 13 fully saturated rings. The van der Waals surface area contributed by atoms with Crippen LogP contribution in [0, 0.1) is 30.1 Å². The van der Waals surface area contributed by atoms with E-state index in [0.29, 0.717) is 5.41 Å². The molecule has 8 bridgehead atoms. The van der Waals surface area contributed by atoms with Crippen LogP contribution in [-0.4, -0.2) is 79.7 Å². The topological polar surface area (TPSA) is 131 Å². The summed E-state index contributed by atoms with van der Waals surface area (Å²) in [7, 11) is -32.5. The van der Waals surface area contributed by atoms with Crippen LogP contribution in [0.2, 0.25) is 38.8 Å². The second-order valence-electron chi connectivity index (χ2n) is 27.5. The van der Waals surface area contributed by atoms with Gasteiger partial charge in [-0.2, -0.15) is 10.8 Å². The SMILES string of the molecule is CC(C)(C)[CH]=[Ta].O[Si]12O[Si]3(C4CCCC4)O[Si]4(C5CCCC5)O[Si](C5CCCC5)(O1)O[Si]1(C5CCCC5)O[Si](C5CCCC5)(O2)O[Si](C2CCCC2)(O3)O[Si](C2CCCC2)(O4)O1.[CH2-]C(C)(C)C.[CH2-]C(C)(C)C. The molecule has 13 nitrogen and oxygen atoms in total. The van der Waals surface area contributed by atoms with Crippen LogP contribution >= 0.6 is 0 Å². The summed E-state index contributed by atoms with van der Waals surface area (Å²) in [6.07, 6.45) is 27.8. The second-order valence-corrected chi connectivity index (χ2v) is 53.4. The molecular formula is C50H96O13Si8Ta-2. The predicted molar refractivity (Wildman–Crippen MR) is 292 cm³/mol. The van der Waals surface area contributed by atoms with E-state index in [4.69, 9.17) is 49.4 Å². The molecule has 0 amide bonds. The van der Waals surface area contributed by atoms with Gasteiger partial charge in [-0.25, -0.2) is 0 Å². The third-order valence-electron chi connectivity index (χ3n) is 16.7. The molecule has 13 rings (SSSR count). The molecule has 13 aliphatic rings. The standard InChI is InChI=1S/C35H64O13Si8.2C5H11.C5H10.Ta/c36-56-46-53(33-23-9-10-24-33)40-50(30-17-3-4-18-30)37-49(29-15-1-2-16-29)38-51(42-53,31-19-5-6-20-31)44-55(48-56,35-27-13-14-28-35)45-52(39-49,32-21-7-8-22-32)43-54(41-50,47-56)34-25-11-12-26-34;3*1-5(2,3)4;/h29-36H,1-28H2;2*1H2,2-4H3;1H,2-4H3;/q;2*-1;;. The molecule has 7 saturated carbocycles. The molecule has 0 radical (unpaired) electrons. The molecule has 0 aromatic heterocycles. The summed E-state index contributed by atoms with van der Waals surface area (Å²) >= 11 is 1.40. The van der Waals surface area contributed by atoms with E-state index in [1.165, 1.54) is 20.6 Å². The molecule has 72 heavy (non-hydrogen) atoms. The summed E-state index contributed by atoms with van der Waals surface area (Å²) in [5, 5.41) is 0. The molecule has 22 heteroatoms. The van der Waals surface area contributed by atoms with E-state index in [-0.39, 0.29) is 49.6 Å². The Morgan fingerprint density at radius 1 is 0.319 bits per heavy atom. The maximum Gasteiger partial charge on any atom is 0.654 e. The van der Waals surface area contributed by atoms with Gasteiger partial charge in [0.25, 0.3) is 0 Å². The number of hydrogen-bond acceptors (Lipinski definition) is 13. The van der Waals surface area contributed by atoms with Crippen molar-refractivity contribution in [1.29, 1.82) is 0 Å². The Balaban J connectivity index is 0.000000351. The van der Waals surface area contributed by atoms with Gasteiger partial charge in [0.2, 0.25) is 0 Å². The molecule has 0 atom stereocenters. The van der Waals surface area contributed by atoms with Crippen molar-refractivity contribution in [2.75, 3.05) is 0 Å². The van der Waals surface area contributed by atoms with Crippen LogP contribution in [0.5, 0.6) is 0 Å². The minimum atomic E-state index is -4.74. The Morgan fingerprint density at radius 2 is 0.431 bits per heavy atom. The van der Waals surface area contributed by atoms with Gasteiger partial charge in [0, 0.05) is 38.8 Å². The fourth-order valence-corrected chi connectivity index (χ4v) is 66.9. The van der Waals surface area contributed by atoms with Crippen molar-refractivity contribution in [2.45, 2.75) is 281 Å². The van der Waals surface area contributed by atoms with Crippen molar-refractivity contribution in [3.8, 4) is 0 Å². The summed E-state index contributed by atoms with van der Waals surface area (Å²) in [6, 6.07) is 0. The van der Waals surface area contributed by atoms with Crippen LogP contribution in [0.4, 0.5) is 0 Å². The minimum Gasteiger partial charge on any atom is -0.373 e. The van der Waals surface area contributed by atoms with Gasteiger partial charge >= 0.3 is 122 Å². The fraction of sp³-hybridized carbons (Fsp3) is 0.940. The van der Waals surface area contributed by atoms with Crippen LogP contribution in [0.3, 0.4) is 0 Å². The quantitative estimate of drug-likeness (QED) is 0.192. The fourth-order valence-electron chi connectivity index (χ4n) is 13.5. The Morgan fingerprint density at radius 3 is 0.542 bits per heavy atom. The van der Waals surface area contributed by atoms with Gasteiger partial charge in [-0.1, -0.05) is 131 Å². The first-order valence-electron chi connectivity index (χ1n) is 29.1. The summed E-state index contributed by atoms with van der Waals surface area (Å²) < 4.78 is 98.5. The monoisotopic (exact) mass is 1310 g/mol. The maximum absolute atomic E-state index is 13.6. The smallest absolute Gasteiger partial charge is 0.373 e. The molecule has 6 heterocycles. The van der Waals surface area contributed by atoms with E-state index in [1.807, 2.05) is 0 Å². The van der Waals surface area contributed by atoms with Gasteiger partial charge < -0.3 is 68.0 Å². The molecule has 413 valence electrons. The van der Waals surface area contributed by atoms with Crippen molar-refractivity contribution in [1.82, 2.24) is 0 Å². The number of hydrogen-bond donors (Lipinski definition) is 1. The molecule has 6 aliphatic heterocycles. The van der Waals surface area contributed by atoms with Gasteiger partial charge in [-0.15, -0.1) is 0 Å². The van der Waals surface area contributed by atoms with Crippen LogP contribution in [-0.2, 0) is 70.0 Å². The van der Waals surface area contributed by atoms with Crippen molar-refractivity contribution < 1.29 is 74.8 Å². The zero-order chi connectivity index (χ0) is 51.5. The van der Waals surface area contributed by atoms with Gasteiger partial charge in [-0.05, 0) is 89.9 Å². The predicted octanol–water partition coefficient (Wildman–Crippen LogP) is 14.0. The van der Waals surface area contributed by atoms with Crippen LogP contribution in [0.15, 0.2) is 0 Å². The molecule has 0 aromatic carbocycles. The molecule has 1 N–H and O–H groups in total. The van der Waals surface area contributed by atoms with E-state index in [2.05, 4.69) is 80.4 Å². The van der Waals surface area contributed by atoms with Crippen molar-refractivity contribution in [2.24, 2.45) is 16.2 Å². The van der Waals surface area contributed by atoms with E-state index >= 15 is 0 Å². The van der Waals surface area contributed by atoms with Crippen molar-refractivity contribution in [3.63, 3.8) is 0 Å². The van der Waals surface area contributed by atoms with E-state index in [0.717, 1.165) is 180 Å². The normalized spacial score (nSPS) is 42.5. The third-order valence-corrected chi connectivity index (χ3v) is 57.6. The van der Waals surface area contributed by atoms with Gasteiger partial charge in [0.1, 0.15) is 0 Å². The first-order chi connectivity index (χ1) is 33.8. The van der Waals surface area contributed by atoms with E-state index in [1.54, 1.807) is 0 Å². The largest absolute Gasteiger partial charge is 0.654 e. The molecular weight excluding hydrogens is 1210 g/mol. The zero-order valence-electron chi connectivity index (χ0n) is 46.1. The minimum absolute atomic E-state index is 0.0127. The Kier molecular flexibility index (Phi) is 18.1. The Bertz CT molecular complexity index is 1630. The zero-order valence-corrected chi connectivity index (χ0v) is 57.3. The second kappa shape index (κ2) is 22.3. The Labute approximate surface area is 457 Å². The Hall–Kier alpha value is 1.83. The first-order valence-corrected chi connectivity index (χ1v) is 45.3. The maximum atomic E-state index is 13.6. The van der Waals surface area contributed by atoms with Crippen LogP contribution in [0.25, 0.3) is 0 Å². The van der Waals surface area contributed by atoms with Crippen LogP contribution in [0.1, 0.15) is 242 Å². The molecule has 6 saturated heterocycles. The summed E-state index contributed by atoms with van der Waals surface area (Å²) in [6.45, 7) is 26.6. The summed E-state index contributed by atoms with van der Waals surface area (Å²) in [5.41, 5.74) is 0.835. The van der Waals surface area contributed by atoms with Crippen molar-refractivity contribution in [3.05, 3.63) is 13.8 Å². The summed E-state index contributed by atoms with van der Waals surface area (Å²) in [5.74, 6) is 0. The van der Waals surface area contributed by atoms with Gasteiger partial charge in [0.15, 0.2) is 0 Å². The molecule has 7 aliphatic carbocycles.